The fourth-order valence-corrected chi connectivity index (χ4v) is 3.13. The van der Waals surface area contributed by atoms with Gasteiger partial charge in [0.25, 0.3) is 10.0 Å². The largest absolute Gasteiger partial charge is 0.279 e. The fourth-order valence-electron chi connectivity index (χ4n) is 1.86. The van der Waals surface area contributed by atoms with E-state index in [-0.39, 0.29) is 0 Å². The van der Waals surface area contributed by atoms with Crippen molar-refractivity contribution < 1.29 is 17.2 Å². The predicted molar refractivity (Wildman–Crippen MR) is 73.1 cm³/mol. The summed E-state index contributed by atoms with van der Waals surface area (Å²) < 4.78 is 53.5. The van der Waals surface area contributed by atoms with E-state index >= 15 is 0 Å². The molecule has 0 aliphatic rings. The smallest absolute Gasteiger partial charge is 0.267 e. The third-order valence-corrected chi connectivity index (χ3v) is 4.23. The van der Waals surface area contributed by atoms with Crippen LogP contribution in [0.15, 0.2) is 41.3 Å². The summed E-state index contributed by atoms with van der Waals surface area (Å²) in [5, 5.41) is 0. The van der Waals surface area contributed by atoms with E-state index in [2.05, 4.69) is 4.72 Å². The number of hydrogen-bond acceptors (Lipinski definition) is 2. The van der Waals surface area contributed by atoms with E-state index in [1.54, 1.807) is 25.1 Å². The summed E-state index contributed by atoms with van der Waals surface area (Å²) >= 11 is 0. The Labute approximate surface area is 116 Å². The van der Waals surface area contributed by atoms with Crippen LogP contribution in [0.3, 0.4) is 0 Å². The van der Waals surface area contributed by atoms with Gasteiger partial charge < -0.3 is 0 Å². The van der Waals surface area contributed by atoms with Crippen LogP contribution in [0.4, 0.5) is 14.5 Å². The molecule has 0 amide bonds. The summed E-state index contributed by atoms with van der Waals surface area (Å²) in [6.07, 6.45) is 0. The molecule has 0 aromatic heterocycles. The van der Waals surface area contributed by atoms with Crippen LogP contribution in [0.1, 0.15) is 11.1 Å². The van der Waals surface area contributed by atoms with Crippen molar-refractivity contribution in [2.45, 2.75) is 18.7 Å². The van der Waals surface area contributed by atoms with E-state index < -0.39 is 26.6 Å². The van der Waals surface area contributed by atoms with Crippen LogP contribution in [0, 0.1) is 25.5 Å². The highest BCUT2D eigenvalue weighted by Gasteiger charge is 2.24. The lowest BCUT2D eigenvalue weighted by atomic mass is 10.1. The number of anilines is 1. The molecule has 106 valence electrons. The van der Waals surface area contributed by atoms with E-state index in [9.17, 15) is 17.2 Å². The third-order valence-electron chi connectivity index (χ3n) is 2.81. The molecule has 2 aromatic carbocycles. The molecule has 0 aliphatic carbocycles. The Morgan fingerprint density at radius 1 is 1.00 bits per heavy atom. The van der Waals surface area contributed by atoms with Crippen molar-refractivity contribution in [3.8, 4) is 0 Å². The molecule has 0 spiro atoms. The number of benzene rings is 2. The highest BCUT2D eigenvalue weighted by molar-refractivity contribution is 7.92. The normalized spacial score (nSPS) is 11.4. The summed E-state index contributed by atoms with van der Waals surface area (Å²) in [5.41, 5.74) is 1.92. The maximum absolute atomic E-state index is 13.6. The third kappa shape index (κ3) is 2.80. The first kappa shape index (κ1) is 14.5. The Bertz CT molecular complexity index is 738. The van der Waals surface area contributed by atoms with Crippen LogP contribution in [-0.4, -0.2) is 8.42 Å². The second-order valence-electron chi connectivity index (χ2n) is 4.47. The molecule has 0 bridgehead atoms. The second kappa shape index (κ2) is 5.20. The fraction of sp³-hybridized carbons (Fsp3) is 0.143. The molecule has 0 atom stereocenters. The summed E-state index contributed by atoms with van der Waals surface area (Å²) in [6, 6.07) is 7.96. The maximum atomic E-state index is 13.6. The average Bonchev–Trinajstić information content (AvgIpc) is 2.32. The summed E-state index contributed by atoms with van der Waals surface area (Å²) in [4.78, 5) is -0.972. The minimum Gasteiger partial charge on any atom is -0.279 e. The maximum Gasteiger partial charge on any atom is 0.267 e. The topological polar surface area (TPSA) is 46.2 Å². The molecule has 3 nitrogen and oxygen atoms in total. The molecule has 0 saturated heterocycles. The average molecular weight is 297 g/mol. The standard InChI is InChI=1S/C14H13F2NO2S/c1-9-6-7-13(10(2)8-9)17-20(18,19)14-11(15)4-3-5-12(14)16/h3-8,17H,1-2H3. The van der Waals surface area contributed by atoms with Crippen LogP contribution in [0.25, 0.3) is 0 Å². The van der Waals surface area contributed by atoms with Gasteiger partial charge in [0.2, 0.25) is 0 Å². The van der Waals surface area contributed by atoms with Gasteiger partial charge in [-0.15, -0.1) is 0 Å². The van der Waals surface area contributed by atoms with Crippen molar-refractivity contribution in [1.29, 1.82) is 0 Å². The van der Waals surface area contributed by atoms with Gasteiger partial charge in [-0.25, -0.2) is 17.2 Å². The Kier molecular flexibility index (Phi) is 3.76. The highest BCUT2D eigenvalue weighted by atomic mass is 32.2. The van der Waals surface area contributed by atoms with Crippen molar-refractivity contribution >= 4 is 15.7 Å². The van der Waals surface area contributed by atoms with E-state index in [0.29, 0.717) is 11.3 Å². The minimum absolute atomic E-state index is 0.290. The Morgan fingerprint density at radius 2 is 1.60 bits per heavy atom. The molecular weight excluding hydrogens is 284 g/mol. The van der Waals surface area contributed by atoms with Gasteiger partial charge in [0, 0.05) is 0 Å². The molecule has 0 fully saturated rings. The molecular formula is C14H13F2NO2S. The van der Waals surface area contributed by atoms with Crippen molar-refractivity contribution in [2.75, 3.05) is 4.72 Å². The zero-order valence-corrected chi connectivity index (χ0v) is 11.8. The molecule has 2 rings (SSSR count). The summed E-state index contributed by atoms with van der Waals surface area (Å²) in [6.45, 7) is 3.57. The lowest BCUT2D eigenvalue weighted by molar-refractivity contribution is 0.521. The number of nitrogens with one attached hydrogen (secondary N) is 1. The molecule has 0 radical (unpaired) electrons. The van der Waals surface area contributed by atoms with Crippen LogP contribution in [0.2, 0.25) is 0 Å². The van der Waals surface area contributed by atoms with Gasteiger partial charge in [0.05, 0.1) is 5.69 Å². The van der Waals surface area contributed by atoms with Gasteiger partial charge in [-0.3, -0.25) is 4.72 Å². The van der Waals surface area contributed by atoms with E-state index in [0.717, 1.165) is 23.8 Å². The number of aryl methyl sites for hydroxylation is 2. The SMILES string of the molecule is Cc1ccc(NS(=O)(=O)c2c(F)cccc2F)c(C)c1. The predicted octanol–water partition coefficient (Wildman–Crippen LogP) is 3.38. The number of halogens is 2. The van der Waals surface area contributed by atoms with E-state index in [4.69, 9.17) is 0 Å². The van der Waals surface area contributed by atoms with E-state index in [1.807, 2.05) is 6.92 Å². The summed E-state index contributed by atoms with van der Waals surface area (Å²) in [7, 11) is -4.31. The number of rotatable bonds is 3. The summed E-state index contributed by atoms with van der Waals surface area (Å²) in [5.74, 6) is -2.25. The molecule has 0 unspecified atom stereocenters. The van der Waals surface area contributed by atoms with Crippen LogP contribution in [-0.2, 0) is 10.0 Å². The lowest BCUT2D eigenvalue weighted by Crippen LogP contribution is -2.17. The van der Waals surface area contributed by atoms with Crippen molar-refractivity contribution in [1.82, 2.24) is 0 Å². The molecule has 0 saturated carbocycles. The monoisotopic (exact) mass is 297 g/mol. The van der Waals surface area contributed by atoms with Gasteiger partial charge in [-0.2, -0.15) is 0 Å². The van der Waals surface area contributed by atoms with Gasteiger partial charge >= 0.3 is 0 Å². The van der Waals surface area contributed by atoms with Gasteiger partial charge in [-0.1, -0.05) is 23.8 Å². The first-order chi connectivity index (χ1) is 9.31. The zero-order chi connectivity index (χ0) is 14.9. The minimum atomic E-state index is -4.31. The quantitative estimate of drug-likeness (QED) is 0.944. The Morgan fingerprint density at radius 3 is 2.15 bits per heavy atom. The molecule has 20 heavy (non-hydrogen) atoms. The number of hydrogen-bond donors (Lipinski definition) is 1. The second-order valence-corrected chi connectivity index (χ2v) is 6.09. The first-order valence-electron chi connectivity index (χ1n) is 5.85. The van der Waals surface area contributed by atoms with Crippen LogP contribution in [0.5, 0.6) is 0 Å². The molecule has 2 aromatic rings. The van der Waals surface area contributed by atoms with Crippen LogP contribution < -0.4 is 4.72 Å². The van der Waals surface area contributed by atoms with Crippen molar-refractivity contribution in [3.63, 3.8) is 0 Å². The molecule has 6 heteroatoms. The number of sulfonamides is 1. The van der Waals surface area contributed by atoms with Gasteiger partial charge in [0.15, 0.2) is 4.90 Å². The zero-order valence-electron chi connectivity index (χ0n) is 10.9. The van der Waals surface area contributed by atoms with Crippen molar-refractivity contribution in [3.05, 3.63) is 59.2 Å². The Balaban J connectivity index is 2.46. The molecule has 0 aliphatic heterocycles. The first-order valence-corrected chi connectivity index (χ1v) is 7.33. The van der Waals surface area contributed by atoms with Gasteiger partial charge in [-0.05, 0) is 37.6 Å². The molecule has 1 N–H and O–H groups in total. The van der Waals surface area contributed by atoms with Crippen molar-refractivity contribution in [2.24, 2.45) is 0 Å². The lowest BCUT2D eigenvalue weighted by Gasteiger charge is -2.12. The Hall–Kier alpha value is -1.95. The molecule has 0 heterocycles. The highest BCUT2D eigenvalue weighted by Crippen LogP contribution is 2.24. The van der Waals surface area contributed by atoms with Gasteiger partial charge in [0.1, 0.15) is 11.6 Å². The van der Waals surface area contributed by atoms with Crippen LogP contribution >= 0.6 is 0 Å². The van der Waals surface area contributed by atoms with E-state index in [1.165, 1.54) is 0 Å².